The van der Waals surface area contributed by atoms with Crippen molar-refractivity contribution in [3.8, 4) is 11.5 Å². The normalized spacial score (nSPS) is 9.88. The van der Waals surface area contributed by atoms with E-state index < -0.39 is 0 Å². The number of hydrogen-bond donors (Lipinski definition) is 2. The highest BCUT2D eigenvalue weighted by atomic mass is 16.5. The van der Waals surface area contributed by atoms with Gasteiger partial charge >= 0.3 is 0 Å². The topological polar surface area (TPSA) is 76.7 Å². The second kappa shape index (κ2) is 9.19. The number of rotatable bonds is 8. The molecule has 0 aliphatic carbocycles. The minimum absolute atomic E-state index is 0.0372. The molecule has 2 aromatic rings. The van der Waals surface area contributed by atoms with Gasteiger partial charge in [-0.05, 0) is 43.3 Å². The van der Waals surface area contributed by atoms with E-state index in [1.165, 1.54) is 0 Å². The Morgan fingerprint density at radius 3 is 2.04 bits per heavy atom. The van der Waals surface area contributed by atoms with Gasteiger partial charge in [-0.3, -0.25) is 9.59 Å². The molecule has 0 aliphatic rings. The minimum Gasteiger partial charge on any atom is -0.484 e. The number of carbonyl (C=O) groups excluding carboxylic acids is 2. The minimum atomic E-state index is -0.255. The number of likely N-dealkylation sites (N-methyl/N-ethyl adjacent to an activating group) is 1. The summed E-state index contributed by atoms with van der Waals surface area (Å²) in [4.78, 5) is 23.1. The Bertz CT molecular complexity index is 656. The first-order valence-electron chi connectivity index (χ1n) is 7.64. The molecule has 0 aromatic heterocycles. The molecule has 126 valence electrons. The molecule has 0 bridgehead atoms. The van der Waals surface area contributed by atoms with Gasteiger partial charge in [0.25, 0.3) is 11.8 Å². The third kappa shape index (κ3) is 6.00. The van der Waals surface area contributed by atoms with Gasteiger partial charge in [0.2, 0.25) is 0 Å². The van der Waals surface area contributed by atoms with Crippen molar-refractivity contribution < 1.29 is 19.1 Å². The molecule has 0 radical (unpaired) electrons. The number of benzene rings is 2. The molecule has 0 saturated heterocycles. The van der Waals surface area contributed by atoms with E-state index in [2.05, 4.69) is 10.6 Å². The number of hydrogen-bond acceptors (Lipinski definition) is 4. The first-order chi connectivity index (χ1) is 11.7. The highest BCUT2D eigenvalue weighted by Crippen LogP contribution is 2.15. The lowest BCUT2D eigenvalue weighted by Gasteiger charge is -2.09. The van der Waals surface area contributed by atoms with E-state index in [1.807, 2.05) is 25.1 Å². The zero-order valence-electron chi connectivity index (χ0n) is 13.5. The summed E-state index contributed by atoms with van der Waals surface area (Å²) in [6.07, 6.45) is 0. The lowest BCUT2D eigenvalue weighted by atomic mass is 10.3. The van der Waals surface area contributed by atoms with Crippen LogP contribution in [0.2, 0.25) is 0 Å². The van der Waals surface area contributed by atoms with Crippen molar-refractivity contribution in [2.45, 2.75) is 6.92 Å². The summed E-state index contributed by atoms with van der Waals surface area (Å²) in [6, 6.07) is 15.9. The van der Waals surface area contributed by atoms with Crippen LogP contribution in [-0.4, -0.2) is 31.6 Å². The van der Waals surface area contributed by atoms with Gasteiger partial charge in [0.15, 0.2) is 13.2 Å². The number of para-hydroxylation sites is 1. The Morgan fingerprint density at radius 2 is 1.42 bits per heavy atom. The van der Waals surface area contributed by atoms with Crippen LogP contribution in [0.5, 0.6) is 11.5 Å². The fourth-order valence-electron chi connectivity index (χ4n) is 1.89. The Balaban J connectivity index is 1.76. The van der Waals surface area contributed by atoms with E-state index in [-0.39, 0.29) is 25.0 Å². The highest BCUT2D eigenvalue weighted by Gasteiger charge is 2.05. The van der Waals surface area contributed by atoms with Crippen LogP contribution < -0.4 is 20.1 Å². The van der Waals surface area contributed by atoms with Crippen molar-refractivity contribution >= 4 is 17.5 Å². The van der Waals surface area contributed by atoms with Crippen LogP contribution in [0.25, 0.3) is 0 Å². The largest absolute Gasteiger partial charge is 0.484 e. The second-order valence-corrected chi connectivity index (χ2v) is 4.92. The molecule has 0 spiro atoms. The van der Waals surface area contributed by atoms with Gasteiger partial charge in [0.1, 0.15) is 11.5 Å². The van der Waals surface area contributed by atoms with Gasteiger partial charge < -0.3 is 20.1 Å². The van der Waals surface area contributed by atoms with Gasteiger partial charge in [-0.1, -0.05) is 18.2 Å². The summed E-state index contributed by atoms with van der Waals surface area (Å²) in [5, 5.41) is 5.37. The zero-order valence-corrected chi connectivity index (χ0v) is 13.5. The fourth-order valence-corrected chi connectivity index (χ4v) is 1.89. The van der Waals surface area contributed by atoms with E-state index in [9.17, 15) is 9.59 Å². The molecule has 0 atom stereocenters. The van der Waals surface area contributed by atoms with Crippen molar-refractivity contribution in [2.75, 3.05) is 25.1 Å². The van der Waals surface area contributed by atoms with Crippen molar-refractivity contribution in [3.05, 3.63) is 54.6 Å². The Kier molecular flexibility index (Phi) is 6.64. The molecule has 0 fully saturated rings. The van der Waals surface area contributed by atoms with Gasteiger partial charge in [-0.25, -0.2) is 0 Å². The van der Waals surface area contributed by atoms with Crippen LogP contribution in [0.1, 0.15) is 6.92 Å². The summed E-state index contributed by atoms with van der Waals surface area (Å²) in [5.74, 6) is 0.768. The van der Waals surface area contributed by atoms with Crippen molar-refractivity contribution in [1.82, 2.24) is 5.32 Å². The number of amides is 2. The monoisotopic (exact) mass is 328 g/mol. The average Bonchev–Trinajstić information content (AvgIpc) is 2.60. The van der Waals surface area contributed by atoms with E-state index in [4.69, 9.17) is 9.47 Å². The van der Waals surface area contributed by atoms with Crippen LogP contribution in [0.3, 0.4) is 0 Å². The van der Waals surface area contributed by atoms with E-state index in [0.717, 1.165) is 0 Å². The maximum absolute atomic E-state index is 11.8. The SMILES string of the molecule is CCNC(=O)COc1ccc(NC(=O)COc2ccccc2)cc1. The zero-order chi connectivity index (χ0) is 17.2. The number of carbonyl (C=O) groups is 2. The van der Waals surface area contributed by atoms with Crippen molar-refractivity contribution in [2.24, 2.45) is 0 Å². The summed E-state index contributed by atoms with van der Waals surface area (Å²) in [5.41, 5.74) is 0.627. The van der Waals surface area contributed by atoms with E-state index >= 15 is 0 Å². The first kappa shape index (κ1) is 17.3. The van der Waals surface area contributed by atoms with Crippen molar-refractivity contribution in [3.63, 3.8) is 0 Å². The third-order valence-corrected chi connectivity index (χ3v) is 3.00. The maximum atomic E-state index is 11.8. The molecule has 24 heavy (non-hydrogen) atoms. The summed E-state index contributed by atoms with van der Waals surface area (Å²) < 4.78 is 10.7. The molecule has 0 aliphatic heterocycles. The van der Waals surface area contributed by atoms with Gasteiger partial charge in [0, 0.05) is 12.2 Å². The molecule has 2 N–H and O–H groups in total. The fraction of sp³-hybridized carbons (Fsp3) is 0.222. The highest BCUT2D eigenvalue weighted by molar-refractivity contribution is 5.91. The van der Waals surface area contributed by atoms with Crippen LogP contribution in [-0.2, 0) is 9.59 Å². The Morgan fingerprint density at radius 1 is 0.833 bits per heavy atom. The molecule has 6 nitrogen and oxygen atoms in total. The predicted octanol–water partition coefficient (Wildman–Crippen LogP) is 2.22. The lowest BCUT2D eigenvalue weighted by Crippen LogP contribution is -2.28. The molecule has 0 heterocycles. The number of ether oxygens (including phenoxy) is 2. The van der Waals surface area contributed by atoms with Crippen LogP contribution in [0.15, 0.2) is 54.6 Å². The molecule has 2 amide bonds. The summed E-state index contributed by atoms with van der Waals surface area (Å²) >= 11 is 0. The molecule has 6 heteroatoms. The predicted molar refractivity (Wildman–Crippen MR) is 91.2 cm³/mol. The maximum Gasteiger partial charge on any atom is 0.262 e. The summed E-state index contributed by atoms with van der Waals surface area (Å²) in [6.45, 7) is 2.30. The third-order valence-electron chi connectivity index (χ3n) is 3.00. The molecular formula is C18H20N2O4. The van der Waals surface area contributed by atoms with Gasteiger partial charge in [0.05, 0.1) is 0 Å². The summed E-state index contributed by atoms with van der Waals surface area (Å²) in [7, 11) is 0. The Hall–Kier alpha value is -3.02. The van der Waals surface area contributed by atoms with Crippen molar-refractivity contribution in [1.29, 1.82) is 0 Å². The van der Waals surface area contributed by atoms with Crippen LogP contribution in [0, 0.1) is 0 Å². The lowest BCUT2D eigenvalue weighted by molar-refractivity contribution is -0.123. The quantitative estimate of drug-likeness (QED) is 0.779. The van der Waals surface area contributed by atoms with Gasteiger partial charge in [-0.15, -0.1) is 0 Å². The number of nitrogens with one attached hydrogen (secondary N) is 2. The van der Waals surface area contributed by atoms with Crippen LogP contribution in [0.4, 0.5) is 5.69 Å². The Labute approximate surface area is 140 Å². The molecular weight excluding hydrogens is 308 g/mol. The smallest absolute Gasteiger partial charge is 0.262 e. The molecule has 0 unspecified atom stereocenters. The molecule has 0 saturated carbocycles. The van der Waals surface area contributed by atoms with Crippen LogP contribution >= 0.6 is 0 Å². The van der Waals surface area contributed by atoms with E-state index in [0.29, 0.717) is 23.7 Å². The molecule has 2 rings (SSSR count). The van der Waals surface area contributed by atoms with E-state index in [1.54, 1.807) is 36.4 Å². The standard InChI is InChI=1S/C18H20N2O4/c1-2-19-17(21)12-23-16-10-8-14(9-11-16)20-18(22)13-24-15-6-4-3-5-7-15/h3-11H,2,12-13H2,1H3,(H,19,21)(H,20,22). The first-order valence-corrected chi connectivity index (χ1v) is 7.64. The average molecular weight is 328 g/mol. The molecule has 2 aromatic carbocycles. The second-order valence-electron chi connectivity index (χ2n) is 4.92. The van der Waals surface area contributed by atoms with Gasteiger partial charge in [-0.2, -0.15) is 0 Å². The number of anilines is 1.